The number of carbonyl (C=O) groups is 2. The fourth-order valence-electron chi connectivity index (χ4n) is 1.93. The van der Waals surface area contributed by atoms with E-state index in [-0.39, 0.29) is 32.0 Å². The molecule has 1 N–H and O–H groups in total. The first-order valence-electron chi connectivity index (χ1n) is 6.54. The fourth-order valence-corrected chi connectivity index (χ4v) is 1.93. The van der Waals surface area contributed by atoms with Crippen LogP contribution in [0.4, 0.5) is 13.2 Å². The number of alkyl halides is 3. The van der Waals surface area contributed by atoms with Crippen LogP contribution >= 0.6 is 0 Å². The number of esters is 1. The monoisotopic (exact) mass is 312 g/mol. The Bertz CT molecular complexity index is 357. The number of amides is 1. The summed E-state index contributed by atoms with van der Waals surface area (Å²) < 4.78 is 47.0. The molecular weight excluding hydrogens is 293 g/mol. The van der Waals surface area contributed by atoms with Crippen molar-refractivity contribution >= 4 is 11.9 Å². The highest BCUT2D eigenvalue weighted by Gasteiger charge is 2.34. The van der Waals surface area contributed by atoms with Crippen LogP contribution in [0.2, 0.25) is 0 Å². The molecule has 1 unspecified atom stereocenters. The number of hydrogen-bond acceptors (Lipinski definition) is 5. The van der Waals surface area contributed by atoms with Gasteiger partial charge in [-0.25, -0.2) is 0 Å². The Hall–Kier alpha value is -1.35. The molecule has 0 aromatic heterocycles. The molecule has 1 amide bonds. The van der Waals surface area contributed by atoms with Crippen LogP contribution in [0.25, 0.3) is 0 Å². The maximum atomic E-state index is 12.5. The second kappa shape index (κ2) is 8.18. The Morgan fingerprint density at radius 3 is 2.67 bits per heavy atom. The fraction of sp³-hybridized carbons (Fsp3) is 0.833. The average Bonchev–Trinajstić information content (AvgIpc) is 2.42. The molecular formula is C12H19F3N2O4. The molecule has 0 saturated carbocycles. The van der Waals surface area contributed by atoms with Crippen LogP contribution < -0.4 is 5.32 Å². The third-order valence-corrected chi connectivity index (χ3v) is 2.96. The minimum absolute atomic E-state index is 0.0999. The first-order chi connectivity index (χ1) is 9.81. The lowest BCUT2D eigenvalue weighted by molar-refractivity contribution is -0.163. The van der Waals surface area contributed by atoms with Crippen LogP contribution in [0.15, 0.2) is 0 Å². The highest BCUT2D eigenvalue weighted by Crippen LogP contribution is 2.18. The van der Waals surface area contributed by atoms with Crippen molar-refractivity contribution < 1.29 is 32.2 Å². The van der Waals surface area contributed by atoms with Crippen molar-refractivity contribution in [3.05, 3.63) is 0 Å². The summed E-state index contributed by atoms with van der Waals surface area (Å²) in [5.74, 6) is -1.33. The van der Waals surface area contributed by atoms with Gasteiger partial charge in [-0.1, -0.05) is 0 Å². The molecule has 0 aromatic carbocycles. The molecule has 1 fully saturated rings. The van der Waals surface area contributed by atoms with Crippen molar-refractivity contribution in [3.8, 4) is 0 Å². The smallest absolute Gasteiger partial charge is 0.406 e. The van der Waals surface area contributed by atoms with Gasteiger partial charge in [0.1, 0.15) is 6.54 Å². The van der Waals surface area contributed by atoms with Crippen molar-refractivity contribution in [2.75, 3.05) is 40.0 Å². The van der Waals surface area contributed by atoms with Crippen LogP contribution in [-0.2, 0) is 19.1 Å². The van der Waals surface area contributed by atoms with E-state index in [9.17, 15) is 22.8 Å². The van der Waals surface area contributed by atoms with Crippen LogP contribution in [-0.4, -0.2) is 69.0 Å². The van der Waals surface area contributed by atoms with Crippen molar-refractivity contribution in [1.82, 2.24) is 10.2 Å². The molecule has 1 saturated heterocycles. The van der Waals surface area contributed by atoms with Crippen molar-refractivity contribution in [1.29, 1.82) is 0 Å². The topological polar surface area (TPSA) is 67.9 Å². The molecule has 6 nitrogen and oxygen atoms in total. The number of carbonyl (C=O) groups excluding carboxylic acids is 2. The van der Waals surface area contributed by atoms with Crippen LogP contribution in [0.3, 0.4) is 0 Å². The Morgan fingerprint density at radius 1 is 1.43 bits per heavy atom. The standard InChI is InChI=1S/C12H19F3N2O4/c1-20-11(19)2-4-17(8-12(13,14)15)10(18)6-9-7-21-5-3-16-9/h9,16H,2-8H2,1H3. The molecule has 21 heavy (non-hydrogen) atoms. The molecule has 0 radical (unpaired) electrons. The quantitative estimate of drug-likeness (QED) is 0.716. The summed E-state index contributed by atoms with van der Waals surface area (Å²) in [6.45, 7) is -0.351. The van der Waals surface area contributed by atoms with E-state index in [0.29, 0.717) is 18.1 Å². The van der Waals surface area contributed by atoms with Gasteiger partial charge in [-0.15, -0.1) is 0 Å². The molecule has 9 heteroatoms. The Kier molecular flexibility index (Phi) is 6.90. The maximum Gasteiger partial charge on any atom is 0.406 e. The zero-order valence-corrected chi connectivity index (χ0v) is 11.7. The van der Waals surface area contributed by atoms with Gasteiger partial charge in [0.05, 0.1) is 26.7 Å². The third kappa shape index (κ3) is 7.28. The summed E-state index contributed by atoms with van der Waals surface area (Å²) in [6.07, 6.45) is -4.88. The number of nitrogens with zero attached hydrogens (tertiary/aromatic N) is 1. The minimum Gasteiger partial charge on any atom is -0.469 e. The molecule has 0 bridgehead atoms. The van der Waals surface area contributed by atoms with Gasteiger partial charge >= 0.3 is 12.1 Å². The Balaban J connectivity index is 2.56. The Morgan fingerprint density at radius 2 is 2.14 bits per heavy atom. The number of nitrogens with one attached hydrogen (secondary N) is 1. The Labute approximate surface area is 120 Å². The molecule has 0 aliphatic carbocycles. The van der Waals surface area contributed by atoms with E-state index >= 15 is 0 Å². The van der Waals surface area contributed by atoms with Crippen molar-refractivity contribution in [2.45, 2.75) is 25.1 Å². The van der Waals surface area contributed by atoms with E-state index in [1.165, 1.54) is 0 Å². The van der Waals surface area contributed by atoms with E-state index in [2.05, 4.69) is 10.1 Å². The molecule has 1 rings (SSSR count). The lowest BCUT2D eigenvalue weighted by atomic mass is 10.1. The van der Waals surface area contributed by atoms with Gasteiger partial charge in [0, 0.05) is 25.6 Å². The van der Waals surface area contributed by atoms with E-state index < -0.39 is 24.6 Å². The maximum absolute atomic E-state index is 12.5. The molecule has 1 aliphatic heterocycles. The number of ether oxygens (including phenoxy) is 2. The van der Waals surface area contributed by atoms with Gasteiger partial charge in [0.15, 0.2) is 0 Å². The van der Waals surface area contributed by atoms with Gasteiger partial charge in [-0.05, 0) is 0 Å². The van der Waals surface area contributed by atoms with Gasteiger partial charge in [-0.2, -0.15) is 13.2 Å². The zero-order chi connectivity index (χ0) is 15.9. The van der Waals surface area contributed by atoms with Gasteiger partial charge in [0.25, 0.3) is 0 Å². The highest BCUT2D eigenvalue weighted by molar-refractivity contribution is 5.78. The van der Waals surface area contributed by atoms with Gasteiger partial charge < -0.3 is 19.7 Å². The summed E-state index contributed by atoms with van der Waals surface area (Å²) in [7, 11) is 1.14. The van der Waals surface area contributed by atoms with Crippen molar-refractivity contribution in [2.24, 2.45) is 0 Å². The van der Waals surface area contributed by atoms with Gasteiger partial charge in [-0.3, -0.25) is 9.59 Å². The largest absolute Gasteiger partial charge is 0.469 e. The third-order valence-electron chi connectivity index (χ3n) is 2.96. The SMILES string of the molecule is COC(=O)CCN(CC(F)(F)F)C(=O)CC1COCCN1. The van der Waals surface area contributed by atoms with Crippen molar-refractivity contribution in [3.63, 3.8) is 0 Å². The number of halogens is 3. The normalized spacial score (nSPS) is 19.1. The van der Waals surface area contributed by atoms with Crippen LogP contribution in [0.1, 0.15) is 12.8 Å². The summed E-state index contributed by atoms with van der Waals surface area (Å²) in [5, 5.41) is 3.00. The summed E-state index contributed by atoms with van der Waals surface area (Å²) >= 11 is 0. The van der Waals surface area contributed by atoms with E-state index in [0.717, 1.165) is 7.11 Å². The van der Waals surface area contributed by atoms with E-state index in [1.54, 1.807) is 0 Å². The van der Waals surface area contributed by atoms with Crippen LogP contribution in [0, 0.1) is 0 Å². The number of methoxy groups -OCH3 is 1. The molecule has 1 atom stereocenters. The lowest BCUT2D eigenvalue weighted by Crippen LogP contribution is -2.47. The first-order valence-corrected chi connectivity index (χ1v) is 6.54. The minimum atomic E-state index is -4.51. The predicted octanol–water partition coefficient (Wildman–Crippen LogP) is 0.319. The van der Waals surface area contributed by atoms with E-state index in [1.807, 2.05) is 0 Å². The second-order valence-electron chi connectivity index (χ2n) is 4.69. The lowest BCUT2D eigenvalue weighted by Gasteiger charge is -2.28. The predicted molar refractivity (Wildman–Crippen MR) is 66.5 cm³/mol. The highest BCUT2D eigenvalue weighted by atomic mass is 19.4. The van der Waals surface area contributed by atoms with E-state index in [4.69, 9.17) is 4.74 Å². The van der Waals surface area contributed by atoms with Crippen LogP contribution in [0.5, 0.6) is 0 Å². The molecule has 1 aliphatic rings. The number of hydrogen-bond donors (Lipinski definition) is 1. The summed E-state index contributed by atoms with van der Waals surface area (Å²) in [4.78, 5) is 23.6. The molecule has 1 heterocycles. The van der Waals surface area contributed by atoms with Gasteiger partial charge in [0.2, 0.25) is 5.91 Å². The number of morpholine rings is 1. The zero-order valence-electron chi connectivity index (χ0n) is 11.7. The summed E-state index contributed by atoms with van der Waals surface area (Å²) in [5.41, 5.74) is 0. The molecule has 122 valence electrons. The molecule has 0 spiro atoms. The second-order valence-corrected chi connectivity index (χ2v) is 4.69. The summed E-state index contributed by atoms with van der Waals surface area (Å²) in [6, 6.07) is -0.305. The average molecular weight is 312 g/mol. The molecule has 0 aromatic rings. The number of rotatable bonds is 6. The first kappa shape index (κ1) is 17.7.